The number of ether oxygens (including phenoxy) is 1. The van der Waals surface area contributed by atoms with Crippen LogP contribution in [-0.2, 0) is 25.8 Å². The summed E-state index contributed by atoms with van der Waals surface area (Å²) in [6.45, 7) is 6.53. The summed E-state index contributed by atoms with van der Waals surface area (Å²) in [6.07, 6.45) is 5.27. The molecule has 0 saturated carbocycles. The van der Waals surface area contributed by atoms with E-state index in [0.717, 1.165) is 61.4 Å². The first-order chi connectivity index (χ1) is 40.0. The van der Waals surface area contributed by atoms with Crippen LogP contribution in [0.1, 0.15) is 57.1 Å². The molecule has 0 spiro atoms. The zero-order valence-electron chi connectivity index (χ0n) is 50.0. The molecule has 1 atom stereocenters. The van der Waals surface area contributed by atoms with Crippen LogP contribution >= 0.6 is 0 Å². The molecule has 5 heterocycles. The maximum Gasteiger partial charge on any atom is 0.268 e. The van der Waals surface area contributed by atoms with Crippen molar-refractivity contribution in [2.75, 3.05) is 4.90 Å². The van der Waals surface area contributed by atoms with E-state index >= 15 is 0 Å². The molecule has 2 aliphatic heterocycles. The first-order valence-electron chi connectivity index (χ1n) is 29.0. The summed E-state index contributed by atoms with van der Waals surface area (Å²) in [5.41, 5.74) is 9.52. The Morgan fingerprint density at radius 3 is 2.07 bits per heavy atom. The van der Waals surface area contributed by atoms with Crippen LogP contribution in [0.4, 0.5) is 17.2 Å². The molecule has 7 nitrogen and oxygen atoms in total. The molecule has 12 aromatic rings. The molecule has 358 valence electrons. The third-order valence-electron chi connectivity index (χ3n) is 13.8. The van der Waals surface area contributed by atoms with Crippen LogP contribution in [0.15, 0.2) is 223 Å². The predicted octanol–water partition coefficient (Wildman–Crippen LogP) is 15.5. The van der Waals surface area contributed by atoms with Gasteiger partial charge in [0.2, 0.25) is 0 Å². The number of rotatable bonds is 8. The fourth-order valence-electron chi connectivity index (χ4n) is 10.5. The van der Waals surface area contributed by atoms with Gasteiger partial charge >= 0.3 is 0 Å². The number of nitrogens with zero attached hydrogens (tertiary/aromatic N) is 6. The van der Waals surface area contributed by atoms with Crippen molar-refractivity contribution in [2.24, 2.45) is 4.99 Å². The van der Waals surface area contributed by atoms with Gasteiger partial charge in [-0.3, -0.25) is 4.57 Å². The van der Waals surface area contributed by atoms with Crippen LogP contribution in [-0.4, -0.2) is 20.0 Å². The quantitative estimate of drug-likeness (QED) is 0.0866. The Labute approximate surface area is 457 Å². The van der Waals surface area contributed by atoms with Crippen molar-refractivity contribution in [3.05, 3.63) is 253 Å². The third-order valence-corrected chi connectivity index (χ3v) is 13.8. The molecule has 0 fully saturated rings. The van der Waals surface area contributed by atoms with Gasteiger partial charge in [-0.2, -0.15) is 18.2 Å². The Balaban J connectivity index is 0.00000658. The third kappa shape index (κ3) is 7.32. The molecule has 74 heavy (non-hydrogen) atoms. The average Bonchev–Trinajstić information content (AvgIpc) is 1.91. The summed E-state index contributed by atoms with van der Waals surface area (Å²) in [5.74, 6) is 2.00. The second-order valence-corrected chi connectivity index (χ2v) is 19.1. The van der Waals surface area contributed by atoms with Crippen LogP contribution in [0.25, 0.3) is 72.2 Å². The molecule has 0 bridgehead atoms. The fraction of sp³-hybridized carbons (Fsp3) is 0.0758. The molecule has 0 radical (unpaired) electrons. The van der Waals surface area contributed by atoms with E-state index in [-0.39, 0.29) is 59.7 Å². The first kappa shape index (κ1) is 35.5. The minimum Gasteiger partial charge on any atom is -0.510 e. The SMILES string of the molecule is [2H]c1c([2H])c([2H])c(-c2cccc(-c3c([2H])c([2H])c([2H])c([2H])c3[2H])c2-[n+]2[c-]n(-c3[c-]c(Oc4[c-]c5c(cc4)C4C(=Nc6c4ccc4c7ccccc7n(-c7ccccc7)c64)N5c4cc(C(C)(C)C)ccn4)ccc3)c3ccccc32)c([2H])c1[2H].[Pd]. The standard InChI is InChI=1S/C66H46N6O.Pd/c1-66(2,3)45-37-38-67-60(39-45)72-59-41-49(33-34-54(59)61-55-36-35-53-52-27-13-14-30-56(52)71(46-23-11-6-12-24-46)64(53)62(55)68-65(61)72)73-48-26-17-25-47(40-48)69-42-70(58-32-16-15-31-57(58)69)63-50(43-19-7-4-8-20-43)28-18-29-51(63)44-21-9-5-10-22-44;/h4-39,61H,1-3H3;/q-2;/i4D,5D,7D,8D,9D,10D,19D,20D,21D,22D;. The van der Waals surface area contributed by atoms with Gasteiger partial charge in [0.05, 0.1) is 47.1 Å². The summed E-state index contributed by atoms with van der Waals surface area (Å²) in [7, 11) is 0. The minimum atomic E-state index is -0.577. The van der Waals surface area contributed by atoms with Gasteiger partial charge < -0.3 is 18.8 Å². The smallest absolute Gasteiger partial charge is 0.268 e. The number of aromatic nitrogens is 4. The summed E-state index contributed by atoms with van der Waals surface area (Å²) >= 11 is 0. The van der Waals surface area contributed by atoms with Gasteiger partial charge in [0, 0.05) is 60.5 Å². The zero-order chi connectivity index (χ0) is 57.5. The van der Waals surface area contributed by atoms with Gasteiger partial charge in [0.15, 0.2) is 0 Å². The number of pyridine rings is 1. The Morgan fingerprint density at radius 1 is 0.635 bits per heavy atom. The topological polar surface area (TPSA) is 51.5 Å². The molecule has 0 N–H and O–H groups in total. The van der Waals surface area contributed by atoms with Crippen molar-refractivity contribution in [3.8, 4) is 50.8 Å². The summed E-state index contributed by atoms with van der Waals surface area (Å²) in [5, 5.41) is 2.25. The van der Waals surface area contributed by atoms with E-state index in [1.54, 1.807) is 33.4 Å². The van der Waals surface area contributed by atoms with Gasteiger partial charge in [-0.05, 0) is 74.8 Å². The molecule has 9 aromatic carbocycles. The van der Waals surface area contributed by atoms with Gasteiger partial charge in [-0.15, -0.1) is 29.8 Å². The van der Waals surface area contributed by atoms with E-state index in [1.807, 2.05) is 60.8 Å². The van der Waals surface area contributed by atoms with Crippen molar-refractivity contribution in [1.29, 1.82) is 0 Å². The van der Waals surface area contributed by atoms with E-state index < -0.39 is 60.4 Å². The van der Waals surface area contributed by atoms with Crippen LogP contribution in [0.3, 0.4) is 0 Å². The molecule has 8 heteroatoms. The number of aliphatic imine (C=N–C) groups is 1. The maximum atomic E-state index is 9.08. The van der Waals surface area contributed by atoms with Gasteiger partial charge in [0.1, 0.15) is 11.7 Å². The van der Waals surface area contributed by atoms with Crippen LogP contribution in [0, 0.1) is 18.5 Å². The molecular formula is C66H46N6OPd-2. The molecule has 1 unspecified atom stereocenters. The van der Waals surface area contributed by atoms with Crippen molar-refractivity contribution in [2.45, 2.75) is 32.1 Å². The molecule has 0 saturated heterocycles. The Hall–Kier alpha value is -8.67. The molecule has 14 rings (SSSR count). The first-order valence-corrected chi connectivity index (χ1v) is 24.0. The van der Waals surface area contributed by atoms with E-state index in [2.05, 4.69) is 121 Å². The van der Waals surface area contributed by atoms with E-state index in [0.29, 0.717) is 34.0 Å². The Kier molecular flexibility index (Phi) is 8.54. The number of imidazole rings is 1. The van der Waals surface area contributed by atoms with Gasteiger partial charge in [0.25, 0.3) is 6.33 Å². The van der Waals surface area contributed by atoms with Crippen molar-refractivity contribution >= 4 is 55.9 Å². The van der Waals surface area contributed by atoms with Gasteiger partial charge in [-0.25, -0.2) is 9.98 Å². The number of hydrogen-bond donors (Lipinski definition) is 0. The number of benzene rings is 9. The number of anilines is 2. The van der Waals surface area contributed by atoms with Crippen LogP contribution in [0.2, 0.25) is 0 Å². The van der Waals surface area contributed by atoms with Crippen molar-refractivity contribution < 1.29 is 43.4 Å². The monoisotopic (exact) mass is 1050 g/mol. The number of fused-ring (bicyclic) bond motifs is 10. The van der Waals surface area contributed by atoms with E-state index in [9.17, 15) is 0 Å². The number of hydrogen-bond acceptors (Lipinski definition) is 4. The second kappa shape index (κ2) is 17.8. The van der Waals surface area contributed by atoms with Crippen molar-refractivity contribution in [3.63, 3.8) is 0 Å². The Bertz CT molecular complexity index is 4660. The number of amidine groups is 1. The van der Waals surface area contributed by atoms with Crippen molar-refractivity contribution in [1.82, 2.24) is 14.1 Å². The molecule has 0 aliphatic carbocycles. The summed E-state index contributed by atoms with van der Waals surface area (Å²) in [4.78, 5) is 12.7. The van der Waals surface area contributed by atoms with Crippen LogP contribution in [0.5, 0.6) is 11.5 Å². The largest absolute Gasteiger partial charge is 0.510 e. The molecule has 0 amide bonds. The maximum absolute atomic E-state index is 9.08. The molecule has 3 aromatic heterocycles. The normalized spacial score (nSPS) is 15.6. The number of para-hydroxylation sites is 5. The fourth-order valence-corrected chi connectivity index (χ4v) is 10.5. The van der Waals surface area contributed by atoms with E-state index in [4.69, 9.17) is 28.4 Å². The minimum absolute atomic E-state index is 0. The average molecular weight is 1060 g/mol. The van der Waals surface area contributed by atoms with Crippen LogP contribution < -0.4 is 14.2 Å². The summed E-state index contributed by atoms with van der Waals surface area (Å²) < 4.78 is 100. The predicted molar refractivity (Wildman–Crippen MR) is 293 cm³/mol. The van der Waals surface area contributed by atoms with Gasteiger partial charge in [-0.1, -0.05) is 178 Å². The summed E-state index contributed by atoms with van der Waals surface area (Å²) in [6, 6.07) is 50.6. The van der Waals surface area contributed by atoms with E-state index in [1.165, 1.54) is 0 Å². The Morgan fingerprint density at radius 2 is 1.31 bits per heavy atom. The zero-order valence-corrected chi connectivity index (χ0v) is 41.6. The molecule has 2 aliphatic rings. The molecular weight excluding hydrogens is 999 g/mol. The second-order valence-electron chi connectivity index (χ2n) is 19.1.